The normalized spacial score (nSPS) is 16.7. The third kappa shape index (κ3) is 6.03. The maximum atomic E-state index is 13.1. The SMILES string of the molecule is O=C(NCc1ccc(OCc2ccccc2C(F)(F)F)cc1)[C@@H]1CCCN1S(=O)(=O)c1ccc(Cl)s1. The fraction of sp³-hybridized carbons (Fsp3) is 0.292. The van der Waals surface area contributed by atoms with Crippen molar-refractivity contribution in [2.24, 2.45) is 0 Å². The zero-order valence-electron chi connectivity index (χ0n) is 18.8. The molecule has 12 heteroatoms. The van der Waals surface area contributed by atoms with E-state index in [0.717, 1.165) is 23.0 Å². The Morgan fingerprint density at radius 3 is 2.50 bits per heavy atom. The second-order valence-electron chi connectivity index (χ2n) is 8.14. The van der Waals surface area contributed by atoms with E-state index >= 15 is 0 Å². The van der Waals surface area contributed by atoms with Crippen LogP contribution in [-0.2, 0) is 34.1 Å². The summed E-state index contributed by atoms with van der Waals surface area (Å²) in [6.45, 7) is 0.165. The summed E-state index contributed by atoms with van der Waals surface area (Å²) in [6.07, 6.45) is -3.48. The number of halogens is 4. The zero-order chi connectivity index (χ0) is 25.9. The first kappa shape index (κ1) is 26.5. The number of alkyl halides is 3. The average molecular weight is 559 g/mol. The molecule has 0 saturated carbocycles. The highest BCUT2D eigenvalue weighted by Crippen LogP contribution is 2.33. The molecule has 0 aliphatic carbocycles. The number of hydrogen-bond donors (Lipinski definition) is 1. The molecule has 1 aliphatic rings. The number of ether oxygens (including phenoxy) is 1. The molecule has 0 unspecified atom stereocenters. The molecule has 1 N–H and O–H groups in total. The number of nitrogens with one attached hydrogen (secondary N) is 1. The van der Waals surface area contributed by atoms with Crippen LogP contribution < -0.4 is 10.1 Å². The number of nitrogens with zero attached hydrogens (tertiary/aromatic N) is 1. The van der Waals surface area contributed by atoms with E-state index < -0.39 is 33.7 Å². The molecule has 36 heavy (non-hydrogen) atoms. The Labute approximate surface area is 215 Å². The number of amides is 1. The lowest BCUT2D eigenvalue weighted by Gasteiger charge is -2.22. The molecule has 0 radical (unpaired) electrons. The number of benzene rings is 2. The predicted molar refractivity (Wildman–Crippen MR) is 130 cm³/mol. The molecule has 1 aliphatic heterocycles. The number of sulfonamides is 1. The molecule has 4 rings (SSSR count). The molecule has 0 spiro atoms. The van der Waals surface area contributed by atoms with Gasteiger partial charge in [-0.3, -0.25) is 4.79 Å². The predicted octanol–water partition coefficient (Wildman–Crippen LogP) is 5.47. The van der Waals surface area contributed by atoms with Crippen molar-refractivity contribution in [2.45, 2.75) is 42.4 Å². The molecule has 0 bridgehead atoms. The number of carbonyl (C=O) groups is 1. The van der Waals surface area contributed by atoms with Gasteiger partial charge in [0.05, 0.1) is 9.90 Å². The summed E-state index contributed by atoms with van der Waals surface area (Å²) >= 11 is 6.83. The molecule has 6 nitrogen and oxygen atoms in total. The summed E-state index contributed by atoms with van der Waals surface area (Å²) < 4.78 is 72.5. The van der Waals surface area contributed by atoms with Crippen molar-refractivity contribution in [3.63, 3.8) is 0 Å². The Hall–Kier alpha value is -2.60. The van der Waals surface area contributed by atoms with Gasteiger partial charge in [0, 0.05) is 18.7 Å². The standard InChI is InChI=1S/C24H22ClF3N2O4S2/c25-21-11-12-22(35-21)36(32,33)30-13-3-6-20(30)23(31)29-14-16-7-9-18(10-8-16)34-15-17-4-1-2-5-19(17)24(26,27)28/h1-2,4-5,7-12,20H,3,6,13-15H2,(H,29,31)/t20-/m0/s1. The molecule has 2 heterocycles. The Balaban J connectivity index is 1.33. The molecule has 1 amide bonds. The van der Waals surface area contributed by atoms with Gasteiger partial charge in [-0.1, -0.05) is 41.9 Å². The summed E-state index contributed by atoms with van der Waals surface area (Å²) in [7, 11) is -3.82. The zero-order valence-corrected chi connectivity index (χ0v) is 21.2. The fourth-order valence-corrected chi connectivity index (χ4v) is 7.20. The first-order valence-corrected chi connectivity index (χ1v) is 13.6. The van der Waals surface area contributed by atoms with Crippen LogP contribution in [0.5, 0.6) is 5.75 Å². The van der Waals surface area contributed by atoms with Crippen LogP contribution in [0.4, 0.5) is 13.2 Å². The molecular weight excluding hydrogens is 537 g/mol. The van der Waals surface area contributed by atoms with E-state index in [1.54, 1.807) is 24.3 Å². The minimum atomic E-state index is -4.47. The van der Waals surface area contributed by atoms with E-state index in [1.807, 2.05) is 0 Å². The van der Waals surface area contributed by atoms with Crippen molar-refractivity contribution in [3.05, 3.63) is 81.7 Å². The second-order valence-corrected chi connectivity index (χ2v) is 12.0. The summed E-state index contributed by atoms with van der Waals surface area (Å²) in [6, 6.07) is 13.9. The van der Waals surface area contributed by atoms with Crippen LogP contribution in [0.1, 0.15) is 29.5 Å². The molecule has 1 saturated heterocycles. The molecule has 1 fully saturated rings. The topological polar surface area (TPSA) is 75.7 Å². The first-order valence-electron chi connectivity index (χ1n) is 11.0. The molecule has 1 atom stereocenters. The first-order chi connectivity index (χ1) is 17.1. The van der Waals surface area contributed by atoms with Gasteiger partial charge in [0.2, 0.25) is 5.91 Å². The maximum absolute atomic E-state index is 13.1. The van der Waals surface area contributed by atoms with Gasteiger partial charge in [0.15, 0.2) is 0 Å². The molecule has 3 aromatic rings. The Kier molecular flexibility index (Phi) is 7.93. The van der Waals surface area contributed by atoms with Crippen LogP contribution >= 0.6 is 22.9 Å². The van der Waals surface area contributed by atoms with Gasteiger partial charge < -0.3 is 10.1 Å². The van der Waals surface area contributed by atoms with Gasteiger partial charge in [-0.05, 0) is 48.7 Å². The molecular formula is C24H22ClF3N2O4S2. The smallest absolute Gasteiger partial charge is 0.416 e. The van der Waals surface area contributed by atoms with Gasteiger partial charge >= 0.3 is 6.18 Å². The van der Waals surface area contributed by atoms with E-state index in [2.05, 4.69) is 5.32 Å². The van der Waals surface area contributed by atoms with Crippen molar-refractivity contribution in [3.8, 4) is 5.75 Å². The lowest BCUT2D eigenvalue weighted by molar-refractivity contribution is -0.138. The van der Waals surface area contributed by atoms with Crippen LogP contribution in [0.2, 0.25) is 4.34 Å². The van der Waals surface area contributed by atoms with Crippen molar-refractivity contribution in [2.75, 3.05) is 6.54 Å². The second kappa shape index (κ2) is 10.8. The third-order valence-electron chi connectivity index (χ3n) is 5.73. The van der Waals surface area contributed by atoms with Gasteiger partial charge in [0.25, 0.3) is 10.0 Å². The highest BCUT2D eigenvalue weighted by molar-refractivity contribution is 7.91. The number of hydrogen-bond acceptors (Lipinski definition) is 5. The van der Waals surface area contributed by atoms with Crippen molar-refractivity contribution in [1.82, 2.24) is 9.62 Å². The summed E-state index contributed by atoms with van der Waals surface area (Å²) in [5, 5.41) is 2.77. The largest absolute Gasteiger partial charge is 0.489 e. The summed E-state index contributed by atoms with van der Waals surface area (Å²) in [5.41, 5.74) is 0.0144. The molecule has 192 valence electrons. The lowest BCUT2D eigenvalue weighted by atomic mass is 10.1. The van der Waals surface area contributed by atoms with Crippen LogP contribution in [0.15, 0.2) is 64.9 Å². The summed E-state index contributed by atoms with van der Waals surface area (Å²) in [4.78, 5) is 12.8. The van der Waals surface area contributed by atoms with E-state index in [4.69, 9.17) is 16.3 Å². The van der Waals surface area contributed by atoms with Crippen LogP contribution in [0.25, 0.3) is 0 Å². The monoisotopic (exact) mass is 558 g/mol. The van der Waals surface area contributed by atoms with Gasteiger partial charge in [-0.25, -0.2) is 8.42 Å². The van der Waals surface area contributed by atoms with Crippen molar-refractivity contribution >= 4 is 38.9 Å². The highest BCUT2D eigenvalue weighted by Gasteiger charge is 2.40. The molecule has 1 aromatic heterocycles. The highest BCUT2D eigenvalue weighted by atomic mass is 35.5. The number of rotatable bonds is 8. The lowest BCUT2D eigenvalue weighted by Crippen LogP contribution is -2.45. The third-order valence-corrected chi connectivity index (χ3v) is 9.33. The minimum Gasteiger partial charge on any atom is -0.489 e. The van der Waals surface area contributed by atoms with Crippen LogP contribution in [-0.4, -0.2) is 31.2 Å². The van der Waals surface area contributed by atoms with E-state index in [9.17, 15) is 26.4 Å². The fourth-order valence-electron chi connectivity index (χ4n) is 3.94. The maximum Gasteiger partial charge on any atom is 0.416 e. The van der Waals surface area contributed by atoms with Crippen LogP contribution in [0.3, 0.4) is 0 Å². The Morgan fingerprint density at radius 1 is 1.11 bits per heavy atom. The molecule has 2 aromatic carbocycles. The Bertz CT molecular complexity index is 1330. The van der Waals surface area contributed by atoms with E-state index in [1.165, 1.54) is 34.6 Å². The summed E-state index contributed by atoms with van der Waals surface area (Å²) in [5.74, 6) is -0.0208. The van der Waals surface area contributed by atoms with Gasteiger partial charge in [-0.15, -0.1) is 11.3 Å². The Morgan fingerprint density at radius 2 is 1.83 bits per heavy atom. The van der Waals surface area contributed by atoms with Gasteiger partial charge in [0.1, 0.15) is 22.6 Å². The number of thiophene rings is 1. The van der Waals surface area contributed by atoms with E-state index in [0.29, 0.717) is 22.9 Å². The number of carbonyl (C=O) groups excluding carboxylic acids is 1. The van der Waals surface area contributed by atoms with E-state index in [-0.39, 0.29) is 29.5 Å². The van der Waals surface area contributed by atoms with Crippen molar-refractivity contribution < 1.29 is 31.1 Å². The van der Waals surface area contributed by atoms with Crippen molar-refractivity contribution in [1.29, 1.82) is 0 Å². The quantitative estimate of drug-likeness (QED) is 0.398. The average Bonchev–Trinajstić information content (AvgIpc) is 3.52. The van der Waals surface area contributed by atoms with Gasteiger partial charge in [-0.2, -0.15) is 17.5 Å². The minimum absolute atomic E-state index is 0.0298. The van der Waals surface area contributed by atoms with Crippen LogP contribution in [0, 0.1) is 0 Å².